The zero-order valence-corrected chi connectivity index (χ0v) is 5.22. The maximum absolute atomic E-state index is 10.8. The molecule has 0 saturated carbocycles. The molecular weight excluding hydrogens is 114 g/mol. The molecule has 0 fully saturated rings. The summed E-state index contributed by atoms with van der Waals surface area (Å²) in [6, 6.07) is 4.88. The van der Waals surface area contributed by atoms with Crippen molar-refractivity contribution in [3.05, 3.63) is 23.8 Å². The number of rotatable bonds is 0. The second-order valence-electron chi connectivity index (χ2n) is 1.97. The van der Waals surface area contributed by atoms with E-state index in [1.54, 1.807) is 19.1 Å². The van der Waals surface area contributed by atoms with Gasteiger partial charge < -0.3 is 5.73 Å². The minimum atomic E-state index is 0.00926. The number of hydrogen-bond acceptors (Lipinski definition) is 1. The predicted molar refractivity (Wildman–Crippen MR) is 35.7 cm³/mol. The van der Waals surface area contributed by atoms with E-state index in [1.807, 2.05) is 0 Å². The van der Waals surface area contributed by atoms with E-state index < -0.39 is 0 Å². The maximum Gasteiger partial charge on any atom is 0.183 e. The summed E-state index contributed by atoms with van der Waals surface area (Å²) < 4.78 is 0. The molecule has 2 nitrogen and oxygen atoms in total. The quantitative estimate of drug-likeness (QED) is 0.523. The largest absolute Gasteiger partial charge is 0.398 e. The van der Waals surface area contributed by atoms with E-state index in [4.69, 9.17) is 5.73 Å². The first kappa shape index (κ1) is 5.95. The van der Waals surface area contributed by atoms with E-state index in [2.05, 4.69) is 0 Å². The molecular formula is C7H8NO. The van der Waals surface area contributed by atoms with E-state index in [9.17, 15) is 5.11 Å². The van der Waals surface area contributed by atoms with Crippen LogP contribution < -0.4 is 5.73 Å². The van der Waals surface area contributed by atoms with E-state index >= 15 is 0 Å². The minimum Gasteiger partial charge on any atom is -0.398 e. The summed E-state index contributed by atoms with van der Waals surface area (Å²) in [5.74, 6) is 0.00926. The summed E-state index contributed by atoms with van der Waals surface area (Å²) in [6.07, 6.45) is 0. The van der Waals surface area contributed by atoms with Crippen LogP contribution in [-0.2, 0) is 5.11 Å². The molecule has 0 spiro atoms. The Morgan fingerprint density at radius 1 is 1.44 bits per heavy atom. The van der Waals surface area contributed by atoms with Gasteiger partial charge in [0.15, 0.2) is 5.75 Å². The SMILES string of the molecule is Cc1c(N)cccc1[O]. The molecule has 0 atom stereocenters. The topological polar surface area (TPSA) is 45.9 Å². The van der Waals surface area contributed by atoms with Crippen LogP contribution in [0.25, 0.3) is 0 Å². The van der Waals surface area contributed by atoms with Crippen molar-refractivity contribution in [3.63, 3.8) is 0 Å². The van der Waals surface area contributed by atoms with Gasteiger partial charge in [-0.15, -0.1) is 0 Å². The zero-order chi connectivity index (χ0) is 6.85. The Morgan fingerprint density at radius 3 is 2.56 bits per heavy atom. The average molecular weight is 122 g/mol. The predicted octanol–water partition coefficient (Wildman–Crippen LogP) is 1.72. The van der Waals surface area contributed by atoms with Gasteiger partial charge in [0.05, 0.1) is 0 Å². The highest BCUT2D eigenvalue weighted by molar-refractivity contribution is 5.52. The molecule has 47 valence electrons. The molecule has 0 unspecified atom stereocenters. The molecule has 0 bridgehead atoms. The van der Waals surface area contributed by atoms with Crippen molar-refractivity contribution in [1.82, 2.24) is 0 Å². The van der Waals surface area contributed by atoms with Crippen molar-refractivity contribution in [3.8, 4) is 5.75 Å². The first-order chi connectivity index (χ1) is 4.22. The van der Waals surface area contributed by atoms with Crippen molar-refractivity contribution in [2.24, 2.45) is 0 Å². The van der Waals surface area contributed by atoms with Crippen LogP contribution in [0.5, 0.6) is 5.75 Å². The fraction of sp³-hybridized carbons (Fsp3) is 0.143. The second kappa shape index (κ2) is 1.97. The highest BCUT2D eigenvalue weighted by Crippen LogP contribution is 2.21. The minimum absolute atomic E-state index is 0.00926. The van der Waals surface area contributed by atoms with Gasteiger partial charge in [0.2, 0.25) is 0 Å². The molecule has 0 amide bonds. The molecule has 9 heavy (non-hydrogen) atoms. The number of hydrogen-bond donors (Lipinski definition) is 1. The third-order valence-electron chi connectivity index (χ3n) is 1.33. The number of anilines is 1. The maximum atomic E-state index is 10.8. The van der Waals surface area contributed by atoms with Gasteiger partial charge in [0.25, 0.3) is 0 Å². The Balaban J connectivity index is 3.25. The summed E-state index contributed by atoms with van der Waals surface area (Å²) in [6.45, 7) is 1.72. The van der Waals surface area contributed by atoms with Crippen molar-refractivity contribution < 1.29 is 5.11 Å². The Morgan fingerprint density at radius 2 is 2.11 bits per heavy atom. The van der Waals surface area contributed by atoms with Gasteiger partial charge in [-0.3, -0.25) is 5.11 Å². The van der Waals surface area contributed by atoms with Crippen LogP contribution in [0.15, 0.2) is 18.2 Å². The summed E-state index contributed by atoms with van der Waals surface area (Å²) >= 11 is 0. The molecule has 1 aromatic carbocycles. The molecule has 0 saturated heterocycles. The molecule has 0 aromatic heterocycles. The van der Waals surface area contributed by atoms with E-state index in [0.29, 0.717) is 11.3 Å². The van der Waals surface area contributed by atoms with E-state index in [-0.39, 0.29) is 5.75 Å². The lowest BCUT2D eigenvalue weighted by atomic mass is 10.2. The number of benzene rings is 1. The van der Waals surface area contributed by atoms with E-state index in [0.717, 1.165) is 0 Å². The van der Waals surface area contributed by atoms with Crippen molar-refractivity contribution in [1.29, 1.82) is 0 Å². The van der Waals surface area contributed by atoms with Gasteiger partial charge in [-0.25, -0.2) is 0 Å². The first-order valence-electron chi connectivity index (χ1n) is 2.74. The Labute approximate surface area is 53.9 Å². The number of nitrogens with two attached hydrogens (primary N) is 1. The van der Waals surface area contributed by atoms with Crippen LogP contribution in [-0.4, -0.2) is 0 Å². The monoisotopic (exact) mass is 122 g/mol. The van der Waals surface area contributed by atoms with Crippen LogP contribution in [0.3, 0.4) is 0 Å². The molecule has 1 rings (SSSR count). The highest BCUT2D eigenvalue weighted by Gasteiger charge is 1.97. The van der Waals surface area contributed by atoms with Crippen LogP contribution in [0.4, 0.5) is 5.69 Å². The fourth-order valence-electron chi connectivity index (χ4n) is 0.631. The van der Waals surface area contributed by atoms with E-state index in [1.165, 1.54) is 6.07 Å². The van der Waals surface area contributed by atoms with Gasteiger partial charge >= 0.3 is 0 Å². The average Bonchev–Trinajstić information content (AvgIpc) is 1.83. The Kier molecular flexibility index (Phi) is 1.30. The molecule has 1 radical (unpaired) electrons. The lowest BCUT2D eigenvalue weighted by Crippen LogP contribution is -1.87. The van der Waals surface area contributed by atoms with Crippen molar-refractivity contribution in [2.75, 3.05) is 5.73 Å². The van der Waals surface area contributed by atoms with Crippen LogP contribution >= 0.6 is 0 Å². The third kappa shape index (κ3) is 0.964. The molecule has 0 heterocycles. The van der Waals surface area contributed by atoms with Crippen molar-refractivity contribution in [2.45, 2.75) is 6.92 Å². The number of nitrogen functional groups attached to an aromatic ring is 1. The summed E-state index contributed by atoms with van der Waals surface area (Å²) in [4.78, 5) is 0. The van der Waals surface area contributed by atoms with Gasteiger partial charge in [-0.05, 0) is 19.1 Å². The lowest BCUT2D eigenvalue weighted by molar-refractivity contribution is 0.352. The van der Waals surface area contributed by atoms with Crippen LogP contribution in [0.1, 0.15) is 5.56 Å². The molecule has 2 heteroatoms. The van der Waals surface area contributed by atoms with Gasteiger partial charge in [-0.2, -0.15) is 0 Å². The highest BCUT2D eigenvalue weighted by atomic mass is 16.3. The molecule has 0 aliphatic rings. The van der Waals surface area contributed by atoms with Crippen LogP contribution in [0, 0.1) is 6.92 Å². The zero-order valence-electron chi connectivity index (χ0n) is 5.22. The molecule has 1 aromatic rings. The summed E-state index contributed by atoms with van der Waals surface area (Å²) in [7, 11) is 0. The Hall–Kier alpha value is -1.18. The molecule has 0 aliphatic carbocycles. The van der Waals surface area contributed by atoms with Gasteiger partial charge in [-0.1, -0.05) is 6.07 Å². The van der Waals surface area contributed by atoms with Gasteiger partial charge in [0.1, 0.15) is 0 Å². The lowest BCUT2D eigenvalue weighted by Gasteiger charge is -1.96. The molecule has 2 N–H and O–H groups in total. The fourth-order valence-corrected chi connectivity index (χ4v) is 0.631. The standard InChI is InChI=1S/C7H8NO/c1-5-6(8)3-2-4-7(5)9/h2-4H,8H2,1H3. The third-order valence-corrected chi connectivity index (χ3v) is 1.33. The summed E-state index contributed by atoms with van der Waals surface area (Å²) in [5.41, 5.74) is 6.63. The van der Waals surface area contributed by atoms with Gasteiger partial charge in [0, 0.05) is 11.3 Å². The normalized spacial score (nSPS) is 9.44. The summed E-state index contributed by atoms with van der Waals surface area (Å²) in [5, 5.41) is 10.8. The Bertz CT molecular complexity index is 200. The van der Waals surface area contributed by atoms with Crippen molar-refractivity contribution >= 4 is 5.69 Å². The van der Waals surface area contributed by atoms with Crippen LogP contribution in [0.2, 0.25) is 0 Å². The molecule has 0 aliphatic heterocycles. The first-order valence-corrected chi connectivity index (χ1v) is 2.74. The smallest absolute Gasteiger partial charge is 0.183 e. The second-order valence-corrected chi connectivity index (χ2v) is 1.97.